The summed E-state index contributed by atoms with van der Waals surface area (Å²) in [5.74, 6) is -0.853. The van der Waals surface area contributed by atoms with Crippen molar-refractivity contribution in [2.45, 2.75) is 13.0 Å². The van der Waals surface area contributed by atoms with E-state index < -0.39 is 17.7 Å². The fourth-order valence-corrected chi connectivity index (χ4v) is 3.77. The first-order valence-corrected chi connectivity index (χ1v) is 10.4. The van der Waals surface area contributed by atoms with E-state index in [9.17, 15) is 14.7 Å². The lowest BCUT2D eigenvalue weighted by Gasteiger charge is -2.26. The second-order valence-electron chi connectivity index (χ2n) is 7.54. The van der Waals surface area contributed by atoms with Gasteiger partial charge in [0.25, 0.3) is 11.7 Å². The summed E-state index contributed by atoms with van der Waals surface area (Å²) in [7, 11) is 5.37. The number of aliphatic hydroxyl groups is 1. The number of likely N-dealkylation sites (N-methyl/N-ethyl adjacent to an activating group) is 1. The zero-order chi connectivity index (χ0) is 22.0. The van der Waals surface area contributed by atoms with Crippen LogP contribution in [-0.4, -0.2) is 60.9 Å². The lowest BCUT2D eigenvalue weighted by molar-refractivity contribution is -0.140. The number of carbonyl (C=O) groups is 2. The molecule has 1 saturated heterocycles. The summed E-state index contributed by atoms with van der Waals surface area (Å²) in [5.41, 5.74) is 2.21. The largest absolute Gasteiger partial charge is 0.507 e. The van der Waals surface area contributed by atoms with Crippen molar-refractivity contribution in [3.8, 4) is 5.75 Å². The second-order valence-corrected chi connectivity index (χ2v) is 8.39. The van der Waals surface area contributed by atoms with Crippen molar-refractivity contribution in [2.75, 3.05) is 34.3 Å². The number of carbonyl (C=O) groups excluding carboxylic acids is 2. The molecule has 1 unspecified atom stereocenters. The summed E-state index contributed by atoms with van der Waals surface area (Å²) >= 11 is 3.45. The highest BCUT2D eigenvalue weighted by Gasteiger charge is 2.46. The van der Waals surface area contributed by atoms with Crippen LogP contribution in [0.3, 0.4) is 0 Å². The van der Waals surface area contributed by atoms with E-state index in [0.717, 1.165) is 10.0 Å². The number of hydrogen-bond acceptors (Lipinski definition) is 5. The predicted molar refractivity (Wildman–Crippen MR) is 119 cm³/mol. The van der Waals surface area contributed by atoms with Gasteiger partial charge in [-0.05, 0) is 56.4 Å². The van der Waals surface area contributed by atoms with Crippen molar-refractivity contribution in [1.29, 1.82) is 0 Å². The lowest BCUT2D eigenvalue weighted by Crippen LogP contribution is -2.35. The van der Waals surface area contributed by atoms with E-state index in [2.05, 4.69) is 15.9 Å². The number of rotatable bonds is 6. The zero-order valence-electron chi connectivity index (χ0n) is 17.5. The molecule has 0 aliphatic carbocycles. The van der Waals surface area contributed by atoms with Gasteiger partial charge in [0.15, 0.2) is 0 Å². The van der Waals surface area contributed by atoms with E-state index in [4.69, 9.17) is 4.74 Å². The van der Waals surface area contributed by atoms with Crippen molar-refractivity contribution in [1.82, 2.24) is 9.80 Å². The Balaban J connectivity index is 2.17. The van der Waals surface area contributed by atoms with E-state index in [0.29, 0.717) is 30.0 Å². The number of likely N-dealkylation sites (tertiary alicyclic amines) is 1. The van der Waals surface area contributed by atoms with Crippen molar-refractivity contribution in [3.63, 3.8) is 0 Å². The predicted octanol–water partition coefficient (Wildman–Crippen LogP) is 3.75. The topological polar surface area (TPSA) is 70.1 Å². The number of hydrogen-bond donors (Lipinski definition) is 1. The standard InChI is InChI=1S/C23H25BrN2O4/c1-14-12-16(8-9-18(14)24)21(27)19-20(15-6-5-7-17(13-15)30-4)26(11-10-25(2)3)23(29)22(19)28/h5-9,12-13,20,27H,10-11H2,1-4H3/b21-19-. The van der Waals surface area contributed by atoms with Gasteiger partial charge in [0.2, 0.25) is 0 Å². The maximum Gasteiger partial charge on any atom is 0.295 e. The number of ether oxygens (including phenoxy) is 1. The number of ketones is 1. The highest BCUT2D eigenvalue weighted by Crippen LogP contribution is 2.40. The molecule has 0 saturated carbocycles. The fourth-order valence-electron chi connectivity index (χ4n) is 3.52. The number of amides is 1. The number of aliphatic hydroxyl groups excluding tert-OH is 1. The number of Topliss-reactive ketones (excluding diaryl/α,β-unsaturated/α-hetero) is 1. The van der Waals surface area contributed by atoms with Gasteiger partial charge < -0.3 is 19.6 Å². The molecule has 0 aromatic heterocycles. The average molecular weight is 473 g/mol. The summed E-state index contributed by atoms with van der Waals surface area (Å²) in [5, 5.41) is 11.1. The van der Waals surface area contributed by atoms with Crippen LogP contribution >= 0.6 is 15.9 Å². The van der Waals surface area contributed by atoms with Gasteiger partial charge in [0.05, 0.1) is 18.7 Å². The first-order chi connectivity index (χ1) is 14.2. The molecule has 1 aliphatic heterocycles. The highest BCUT2D eigenvalue weighted by atomic mass is 79.9. The summed E-state index contributed by atoms with van der Waals surface area (Å²) in [6.45, 7) is 2.84. The minimum atomic E-state index is -0.691. The molecule has 1 fully saturated rings. The van der Waals surface area contributed by atoms with Gasteiger partial charge >= 0.3 is 0 Å². The van der Waals surface area contributed by atoms with Crippen molar-refractivity contribution < 1.29 is 19.4 Å². The molecular formula is C23H25BrN2O4. The molecule has 1 atom stereocenters. The summed E-state index contributed by atoms with van der Waals surface area (Å²) < 4.78 is 6.23. The molecule has 30 heavy (non-hydrogen) atoms. The summed E-state index contributed by atoms with van der Waals surface area (Å²) in [4.78, 5) is 29.4. The Labute approximate surface area is 184 Å². The Morgan fingerprint density at radius 2 is 1.93 bits per heavy atom. The molecule has 6 nitrogen and oxygen atoms in total. The molecule has 2 aromatic rings. The molecule has 2 aromatic carbocycles. The van der Waals surface area contributed by atoms with Gasteiger partial charge in [-0.2, -0.15) is 0 Å². The van der Waals surface area contributed by atoms with Crippen molar-refractivity contribution in [3.05, 3.63) is 69.2 Å². The lowest BCUT2D eigenvalue weighted by atomic mass is 9.94. The minimum absolute atomic E-state index is 0.0914. The van der Waals surface area contributed by atoms with Crippen molar-refractivity contribution in [2.24, 2.45) is 0 Å². The van der Waals surface area contributed by atoms with Crippen LogP contribution in [0, 0.1) is 6.92 Å². The Bertz CT molecular complexity index is 1020. The molecule has 1 heterocycles. The quantitative estimate of drug-likeness (QED) is 0.393. The monoisotopic (exact) mass is 472 g/mol. The van der Waals surface area contributed by atoms with E-state index >= 15 is 0 Å². The minimum Gasteiger partial charge on any atom is -0.507 e. The molecule has 0 spiro atoms. The van der Waals surface area contributed by atoms with Crippen LogP contribution in [0.1, 0.15) is 22.7 Å². The SMILES string of the molecule is COc1cccc(C2/C(=C(/O)c3ccc(Br)c(C)c3)C(=O)C(=O)N2CCN(C)C)c1. The third-order valence-corrected chi connectivity index (χ3v) is 6.06. The molecule has 7 heteroatoms. The van der Waals surface area contributed by atoms with Gasteiger partial charge in [0, 0.05) is 23.1 Å². The van der Waals surface area contributed by atoms with E-state index in [1.54, 1.807) is 31.4 Å². The molecule has 0 bridgehead atoms. The molecular weight excluding hydrogens is 448 g/mol. The Morgan fingerprint density at radius 3 is 2.57 bits per heavy atom. The van der Waals surface area contributed by atoms with Crippen LogP contribution in [0.5, 0.6) is 5.75 Å². The number of aryl methyl sites for hydroxylation is 1. The maximum atomic E-state index is 13.0. The smallest absolute Gasteiger partial charge is 0.295 e. The third-order valence-electron chi connectivity index (χ3n) is 5.17. The number of benzene rings is 2. The van der Waals surface area contributed by atoms with Crippen LogP contribution in [-0.2, 0) is 9.59 Å². The van der Waals surface area contributed by atoms with Gasteiger partial charge in [-0.25, -0.2) is 0 Å². The molecule has 3 rings (SSSR count). The first-order valence-electron chi connectivity index (χ1n) is 9.58. The van der Waals surface area contributed by atoms with E-state index in [1.807, 2.05) is 44.1 Å². The molecule has 0 radical (unpaired) electrons. The van der Waals surface area contributed by atoms with Gasteiger partial charge in [-0.3, -0.25) is 9.59 Å². The fraction of sp³-hybridized carbons (Fsp3) is 0.304. The van der Waals surface area contributed by atoms with Crippen LogP contribution < -0.4 is 4.74 Å². The normalized spacial score (nSPS) is 18.3. The number of halogens is 1. The summed E-state index contributed by atoms with van der Waals surface area (Å²) in [6, 6.07) is 11.9. The number of nitrogens with zero attached hydrogens (tertiary/aromatic N) is 2. The highest BCUT2D eigenvalue weighted by molar-refractivity contribution is 9.10. The second kappa shape index (κ2) is 9.02. The van der Waals surface area contributed by atoms with E-state index in [-0.39, 0.29) is 11.3 Å². The molecule has 1 amide bonds. The Hall–Kier alpha value is -2.64. The number of methoxy groups -OCH3 is 1. The average Bonchev–Trinajstić information content (AvgIpc) is 2.98. The summed E-state index contributed by atoms with van der Waals surface area (Å²) in [6.07, 6.45) is 0. The van der Waals surface area contributed by atoms with Crippen LogP contribution in [0.2, 0.25) is 0 Å². The van der Waals surface area contributed by atoms with Crippen molar-refractivity contribution >= 4 is 33.4 Å². The molecule has 1 N–H and O–H groups in total. The molecule has 158 valence electrons. The van der Waals surface area contributed by atoms with Crippen LogP contribution in [0.4, 0.5) is 0 Å². The Morgan fingerprint density at radius 1 is 1.20 bits per heavy atom. The van der Waals surface area contributed by atoms with Gasteiger partial charge in [-0.1, -0.05) is 34.1 Å². The van der Waals surface area contributed by atoms with Crippen LogP contribution in [0.15, 0.2) is 52.5 Å². The van der Waals surface area contributed by atoms with Crippen LogP contribution in [0.25, 0.3) is 5.76 Å². The maximum absolute atomic E-state index is 13.0. The Kier molecular flexibility index (Phi) is 6.63. The first kappa shape index (κ1) is 22.1. The van der Waals surface area contributed by atoms with Gasteiger partial charge in [0.1, 0.15) is 11.5 Å². The third kappa shape index (κ3) is 4.27. The van der Waals surface area contributed by atoms with E-state index in [1.165, 1.54) is 4.90 Å². The molecule has 1 aliphatic rings. The zero-order valence-corrected chi connectivity index (χ0v) is 19.1. The van der Waals surface area contributed by atoms with Gasteiger partial charge in [-0.15, -0.1) is 0 Å².